The Bertz CT molecular complexity index is 652. The van der Waals surface area contributed by atoms with Crippen molar-refractivity contribution in [3.8, 4) is 0 Å². The van der Waals surface area contributed by atoms with Gasteiger partial charge in [-0.3, -0.25) is 19.3 Å². The fourth-order valence-electron chi connectivity index (χ4n) is 3.40. The summed E-state index contributed by atoms with van der Waals surface area (Å²) in [6, 6.07) is 9.23. The predicted molar refractivity (Wildman–Crippen MR) is 78.4 cm³/mol. The third-order valence-electron chi connectivity index (χ3n) is 4.53. The molecule has 1 aromatic rings. The van der Waals surface area contributed by atoms with Crippen LogP contribution in [0.15, 0.2) is 42.5 Å². The highest BCUT2D eigenvalue weighted by Gasteiger charge is 2.54. The van der Waals surface area contributed by atoms with Crippen molar-refractivity contribution in [1.82, 2.24) is 4.90 Å². The van der Waals surface area contributed by atoms with E-state index in [-0.39, 0.29) is 24.3 Å². The molecule has 4 atom stereocenters. The summed E-state index contributed by atoms with van der Waals surface area (Å²) in [5.41, 5.74) is 0.853. The number of carboxylic acids is 1. The van der Waals surface area contributed by atoms with Gasteiger partial charge in [0.25, 0.3) is 0 Å². The first-order valence-electron chi connectivity index (χ1n) is 7.31. The lowest BCUT2D eigenvalue weighted by Gasteiger charge is -2.28. The summed E-state index contributed by atoms with van der Waals surface area (Å²) in [6.07, 6.45) is 3.43. The van der Waals surface area contributed by atoms with Crippen LogP contribution in [0.5, 0.6) is 0 Å². The maximum atomic E-state index is 12.6. The van der Waals surface area contributed by atoms with Gasteiger partial charge in [0.05, 0.1) is 24.3 Å². The van der Waals surface area contributed by atoms with Crippen LogP contribution in [0.1, 0.15) is 12.5 Å². The molecule has 5 nitrogen and oxygen atoms in total. The van der Waals surface area contributed by atoms with Crippen LogP contribution in [-0.4, -0.2) is 27.8 Å². The maximum absolute atomic E-state index is 12.6. The molecule has 22 heavy (non-hydrogen) atoms. The molecule has 0 unspecified atom stereocenters. The van der Waals surface area contributed by atoms with Crippen molar-refractivity contribution < 1.29 is 19.5 Å². The van der Waals surface area contributed by atoms with Crippen molar-refractivity contribution in [3.63, 3.8) is 0 Å². The van der Waals surface area contributed by atoms with E-state index in [9.17, 15) is 19.5 Å². The van der Waals surface area contributed by atoms with Crippen molar-refractivity contribution in [3.05, 3.63) is 48.0 Å². The van der Waals surface area contributed by atoms with Gasteiger partial charge in [-0.1, -0.05) is 49.4 Å². The Morgan fingerprint density at radius 3 is 2.45 bits per heavy atom. The lowest BCUT2D eigenvalue weighted by molar-refractivity contribution is -0.150. The van der Waals surface area contributed by atoms with Crippen molar-refractivity contribution in [1.29, 1.82) is 0 Å². The van der Waals surface area contributed by atoms with Crippen molar-refractivity contribution in [2.45, 2.75) is 13.5 Å². The second-order valence-electron chi connectivity index (χ2n) is 5.91. The SMILES string of the molecule is C[C@@H]1C=C[C@@H]2C(=O)N(Cc3ccccc3)C(=O)[C@@H]2[C@H]1C(=O)O. The number of nitrogens with zero attached hydrogens (tertiary/aromatic N) is 1. The van der Waals surface area contributed by atoms with Crippen LogP contribution in [0, 0.1) is 23.7 Å². The van der Waals surface area contributed by atoms with Gasteiger partial charge in [-0.05, 0) is 11.5 Å². The third kappa shape index (κ3) is 2.22. The Labute approximate surface area is 128 Å². The number of benzene rings is 1. The first-order chi connectivity index (χ1) is 10.5. The molecule has 0 aromatic heterocycles. The monoisotopic (exact) mass is 299 g/mol. The molecule has 114 valence electrons. The summed E-state index contributed by atoms with van der Waals surface area (Å²) in [5.74, 6) is -4.22. The maximum Gasteiger partial charge on any atom is 0.307 e. The highest BCUT2D eigenvalue weighted by molar-refractivity contribution is 6.07. The normalized spacial score (nSPS) is 30.5. The van der Waals surface area contributed by atoms with Crippen LogP contribution in [-0.2, 0) is 20.9 Å². The van der Waals surface area contributed by atoms with Crippen LogP contribution in [0.2, 0.25) is 0 Å². The molecule has 1 aliphatic heterocycles. The number of amides is 2. The van der Waals surface area contributed by atoms with E-state index < -0.39 is 23.7 Å². The van der Waals surface area contributed by atoms with Crippen LogP contribution in [0.25, 0.3) is 0 Å². The second kappa shape index (κ2) is 5.40. The van der Waals surface area contributed by atoms with E-state index in [1.165, 1.54) is 4.90 Å². The number of imide groups is 1. The van der Waals surface area contributed by atoms with Crippen molar-refractivity contribution >= 4 is 17.8 Å². The minimum atomic E-state index is -1.02. The van der Waals surface area contributed by atoms with E-state index in [1.807, 2.05) is 30.3 Å². The molecule has 1 aliphatic carbocycles. The molecule has 3 rings (SSSR count). The number of carbonyl (C=O) groups excluding carboxylic acids is 2. The van der Waals surface area contributed by atoms with E-state index in [0.717, 1.165) is 5.56 Å². The molecule has 1 saturated heterocycles. The van der Waals surface area contributed by atoms with Gasteiger partial charge in [0.1, 0.15) is 0 Å². The molecule has 0 saturated carbocycles. The molecular weight excluding hydrogens is 282 g/mol. The van der Waals surface area contributed by atoms with Gasteiger partial charge >= 0.3 is 5.97 Å². The number of fused-ring (bicyclic) bond motifs is 1. The molecule has 2 aliphatic rings. The summed E-state index contributed by atoms with van der Waals surface area (Å²) in [7, 11) is 0. The number of carbonyl (C=O) groups is 3. The number of hydrogen-bond acceptors (Lipinski definition) is 3. The molecule has 2 amide bonds. The Hall–Kier alpha value is -2.43. The Morgan fingerprint density at radius 2 is 1.82 bits per heavy atom. The number of hydrogen-bond donors (Lipinski definition) is 1. The fourth-order valence-corrected chi connectivity index (χ4v) is 3.40. The highest BCUT2D eigenvalue weighted by Crippen LogP contribution is 2.41. The quantitative estimate of drug-likeness (QED) is 0.681. The molecule has 5 heteroatoms. The van der Waals surface area contributed by atoms with Gasteiger partial charge in [0.15, 0.2) is 0 Å². The van der Waals surface area contributed by atoms with Gasteiger partial charge in [0, 0.05) is 0 Å². The second-order valence-corrected chi connectivity index (χ2v) is 5.91. The first-order valence-corrected chi connectivity index (χ1v) is 7.31. The summed E-state index contributed by atoms with van der Waals surface area (Å²) < 4.78 is 0. The van der Waals surface area contributed by atoms with Gasteiger partial charge in [0.2, 0.25) is 11.8 Å². The minimum Gasteiger partial charge on any atom is -0.481 e. The zero-order valence-electron chi connectivity index (χ0n) is 12.2. The first kappa shape index (κ1) is 14.5. The van der Waals surface area contributed by atoms with Crippen LogP contribution in [0.3, 0.4) is 0 Å². The standard InChI is InChI=1S/C17H17NO4/c1-10-7-8-12-14(13(10)17(21)22)16(20)18(15(12)19)9-11-5-3-2-4-6-11/h2-8,10,12-14H,9H2,1H3,(H,21,22)/t10-,12+,13+,14+/m1/s1. The number of carboxylic acid groups (broad SMARTS) is 1. The number of likely N-dealkylation sites (tertiary alicyclic amines) is 1. The molecule has 0 bridgehead atoms. The van der Waals surface area contributed by atoms with Crippen LogP contribution < -0.4 is 0 Å². The molecule has 1 fully saturated rings. The van der Waals surface area contributed by atoms with E-state index >= 15 is 0 Å². The zero-order chi connectivity index (χ0) is 15.9. The average molecular weight is 299 g/mol. The molecule has 1 N–H and O–H groups in total. The van der Waals surface area contributed by atoms with E-state index in [1.54, 1.807) is 19.1 Å². The minimum absolute atomic E-state index is 0.195. The lowest BCUT2D eigenvalue weighted by atomic mass is 9.72. The predicted octanol–water partition coefficient (Wildman–Crippen LogP) is 1.69. The van der Waals surface area contributed by atoms with Crippen LogP contribution >= 0.6 is 0 Å². The Kier molecular flexibility index (Phi) is 3.56. The number of allylic oxidation sites excluding steroid dienone is 1. The molecular formula is C17H17NO4. The third-order valence-corrected chi connectivity index (χ3v) is 4.53. The Balaban J connectivity index is 1.91. The van der Waals surface area contributed by atoms with E-state index in [0.29, 0.717) is 0 Å². The zero-order valence-corrected chi connectivity index (χ0v) is 12.2. The van der Waals surface area contributed by atoms with Crippen LogP contribution in [0.4, 0.5) is 0 Å². The molecule has 0 radical (unpaired) electrons. The number of aliphatic carboxylic acids is 1. The summed E-state index contributed by atoms with van der Waals surface area (Å²) in [4.78, 5) is 37.8. The van der Waals surface area contributed by atoms with E-state index in [4.69, 9.17) is 0 Å². The van der Waals surface area contributed by atoms with E-state index in [2.05, 4.69) is 0 Å². The van der Waals surface area contributed by atoms with Gasteiger partial charge in [-0.2, -0.15) is 0 Å². The van der Waals surface area contributed by atoms with Gasteiger partial charge < -0.3 is 5.11 Å². The highest BCUT2D eigenvalue weighted by atomic mass is 16.4. The average Bonchev–Trinajstić information content (AvgIpc) is 2.73. The summed E-state index contributed by atoms with van der Waals surface area (Å²) in [5, 5.41) is 9.42. The lowest BCUT2D eigenvalue weighted by Crippen LogP contribution is -2.38. The molecule has 0 spiro atoms. The smallest absolute Gasteiger partial charge is 0.307 e. The fraction of sp³-hybridized carbons (Fsp3) is 0.353. The number of rotatable bonds is 3. The van der Waals surface area contributed by atoms with Gasteiger partial charge in [-0.15, -0.1) is 0 Å². The molecule has 1 aromatic carbocycles. The summed E-state index contributed by atoms with van der Waals surface area (Å²) in [6.45, 7) is 1.96. The largest absolute Gasteiger partial charge is 0.481 e. The molecule has 1 heterocycles. The van der Waals surface area contributed by atoms with Crippen molar-refractivity contribution in [2.24, 2.45) is 23.7 Å². The van der Waals surface area contributed by atoms with Crippen molar-refractivity contribution in [2.75, 3.05) is 0 Å². The summed E-state index contributed by atoms with van der Waals surface area (Å²) >= 11 is 0. The van der Waals surface area contributed by atoms with Gasteiger partial charge in [-0.25, -0.2) is 0 Å². The topological polar surface area (TPSA) is 74.7 Å². The Morgan fingerprint density at radius 1 is 1.14 bits per heavy atom.